The fourth-order valence-corrected chi connectivity index (χ4v) is 2.31. The van der Waals surface area contributed by atoms with Crippen molar-refractivity contribution >= 4 is 11.6 Å². The zero-order valence-electron chi connectivity index (χ0n) is 11.1. The second kappa shape index (κ2) is 7.27. The molecule has 0 fully saturated rings. The number of benzene rings is 1. The summed E-state index contributed by atoms with van der Waals surface area (Å²) in [6.45, 7) is 3.09. The summed E-state index contributed by atoms with van der Waals surface area (Å²) in [4.78, 5) is 4.16. The predicted octanol–water partition coefficient (Wildman–Crippen LogP) is 4.02. The summed E-state index contributed by atoms with van der Waals surface area (Å²) in [5.74, 6) is 0. The van der Waals surface area contributed by atoms with E-state index in [0.29, 0.717) is 6.04 Å². The van der Waals surface area contributed by atoms with Crippen molar-refractivity contribution in [2.45, 2.75) is 25.8 Å². The van der Waals surface area contributed by atoms with Gasteiger partial charge in [-0.2, -0.15) is 0 Å². The monoisotopic (exact) mass is 274 g/mol. The Morgan fingerprint density at radius 1 is 1.21 bits per heavy atom. The van der Waals surface area contributed by atoms with Gasteiger partial charge in [-0.05, 0) is 48.7 Å². The molecule has 100 valence electrons. The highest BCUT2D eigenvalue weighted by molar-refractivity contribution is 6.30. The van der Waals surface area contributed by atoms with E-state index in [4.69, 9.17) is 11.6 Å². The fourth-order valence-electron chi connectivity index (χ4n) is 2.19. The Balaban J connectivity index is 2.02. The van der Waals surface area contributed by atoms with E-state index in [1.54, 1.807) is 0 Å². The van der Waals surface area contributed by atoms with Gasteiger partial charge in [-0.3, -0.25) is 4.98 Å². The largest absolute Gasteiger partial charge is 0.310 e. The van der Waals surface area contributed by atoms with Gasteiger partial charge in [0.05, 0.1) is 0 Å². The van der Waals surface area contributed by atoms with E-state index >= 15 is 0 Å². The van der Waals surface area contributed by atoms with E-state index < -0.39 is 0 Å². The summed E-state index contributed by atoms with van der Waals surface area (Å²) in [5, 5.41) is 4.31. The van der Waals surface area contributed by atoms with Gasteiger partial charge in [-0.1, -0.05) is 36.7 Å². The van der Waals surface area contributed by atoms with Crippen molar-refractivity contribution in [3.8, 4) is 0 Å². The highest BCUT2D eigenvalue weighted by Crippen LogP contribution is 2.21. The third-order valence-corrected chi connectivity index (χ3v) is 3.42. The minimum absolute atomic E-state index is 0.363. The van der Waals surface area contributed by atoms with Crippen molar-refractivity contribution in [2.75, 3.05) is 6.54 Å². The second-order valence-electron chi connectivity index (χ2n) is 4.56. The first kappa shape index (κ1) is 14.0. The number of rotatable bonds is 6. The van der Waals surface area contributed by atoms with Crippen LogP contribution in [0.3, 0.4) is 0 Å². The van der Waals surface area contributed by atoms with Crippen molar-refractivity contribution < 1.29 is 0 Å². The molecule has 2 aromatic rings. The van der Waals surface area contributed by atoms with Gasteiger partial charge >= 0.3 is 0 Å². The summed E-state index contributed by atoms with van der Waals surface area (Å²) in [7, 11) is 0. The van der Waals surface area contributed by atoms with E-state index in [2.05, 4.69) is 35.4 Å². The van der Waals surface area contributed by atoms with Gasteiger partial charge in [0.15, 0.2) is 0 Å². The average Bonchev–Trinajstić information content (AvgIpc) is 2.46. The van der Waals surface area contributed by atoms with Crippen molar-refractivity contribution in [3.05, 3.63) is 64.9 Å². The van der Waals surface area contributed by atoms with Crippen molar-refractivity contribution in [3.63, 3.8) is 0 Å². The molecule has 0 aliphatic rings. The van der Waals surface area contributed by atoms with Crippen LogP contribution in [0.25, 0.3) is 0 Å². The number of nitrogens with zero attached hydrogens (tertiary/aromatic N) is 1. The molecule has 3 heteroatoms. The highest BCUT2D eigenvalue weighted by atomic mass is 35.5. The molecule has 2 nitrogen and oxygen atoms in total. The molecule has 0 amide bonds. The summed E-state index contributed by atoms with van der Waals surface area (Å²) < 4.78 is 0. The molecular weight excluding hydrogens is 256 g/mol. The molecule has 0 radical (unpaired) electrons. The molecule has 2 rings (SSSR count). The molecule has 0 bridgehead atoms. The number of hydrogen-bond donors (Lipinski definition) is 1. The van der Waals surface area contributed by atoms with E-state index in [1.807, 2.05) is 30.6 Å². The normalized spacial score (nSPS) is 12.3. The van der Waals surface area contributed by atoms with Crippen molar-refractivity contribution in [2.24, 2.45) is 0 Å². The Bertz CT molecular complexity index is 482. The van der Waals surface area contributed by atoms with Gasteiger partial charge in [0.25, 0.3) is 0 Å². The summed E-state index contributed by atoms with van der Waals surface area (Å²) in [5.41, 5.74) is 2.56. The second-order valence-corrected chi connectivity index (χ2v) is 5.00. The first-order chi connectivity index (χ1) is 9.29. The maximum Gasteiger partial charge on any atom is 0.0406 e. The Hall–Kier alpha value is -1.38. The van der Waals surface area contributed by atoms with E-state index in [0.717, 1.165) is 24.4 Å². The average molecular weight is 275 g/mol. The van der Waals surface area contributed by atoms with E-state index in [-0.39, 0.29) is 0 Å². The summed E-state index contributed by atoms with van der Waals surface area (Å²) >= 11 is 5.94. The Morgan fingerprint density at radius 3 is 2.63 bits per heavy atom. The van der Waals surface area contributed by atoms with Crippen LogP contribution < -0.4 is 5.32 Å². The first-order valence-electron chi connectivity index (χ1n) is 6.67. The number of aryl methyl sites for hydroxylation is 1. The van der Waals surface area contributed by atoms with Gasteiger partial charge in [-0.15, -0.1) is 0 Å². The topological polar surface area (TPSA) is 24.9 Å². The van der Waals surface area contributed by atoms with E-state index in [9.17, 15) is 0 Å². The van der Waals surface area contributed by atoms with Gasteiger partial charge in [-0.25, -0.2) is 0 Å². The number of aromatic nitrogens is 1. The van der Waals surface area contributed by atoms with E-state index in [1.165, 1.54) is 11.1 Å². The van der Waals surface area contributed by atoms with Crippen LogP contribution in [0.5, 0.6) is 0 Å². The lowest BCUT2D eigenvalue weighted by Crippen LogP contribution is -2.21. The van der Waals surface area contributed by atoms with Crippen LogP contribution in [0, 0.1) is 0 Å². The van der Waals surface area contributed by atoms with Gasteiger partial charge in [0.1, 0.15) is 0 Å². The number of halogens is 1. The zero-order valence-corrected chi connectivity index (χ0v) is 11.9. The smallest absolute Gasteiger partial charge is 0.0406 e. The standard InChI is InChI=1S/C16H19ClN2/c1-2-19-16(14-6-8-15(17)9-7-14)10-5-13-4-3-11-18-12-13/h3-4,6-9,11-12,16,19H,2,5,10H2,1H3. The van der Waals surface area contributed by atoms with Gasteiger partial charge in [0, 0.05) is 23.5 Å². The zero-order chi connectivity index (χ0) is 13.5. The minimum atomic E-state index is 0.363. The maximum absolute atomic E-state index is 5.94. The molecule has 19 heavy (non-hydrogen) atoms. The van der Waals surface area contributed by atoms with Crippen LogP contribution >= 0.6 is 11.6 Å². The van der Waals surface area contributed by atoms with Crippen LogP contribution in [0.1, 0.15) is 30.5 Å². The van der Waals surface area contributed by atoms with Gasteiger partial charge in [0.2, 0.25) is 0 Å². The van der Waals surface area contributed by atoms with Crippen LogP contribution in [0.15, 0.2) is 48.8 Å². The Morgan fingerprint density at radius 2 is 2.00 bits per heavy atom. The molecule has 0 spiro atoms. The fraction of sp³-hybridized carbons (Fsp3) is 0.312. The Kier molecular flexibility index (Phi) is 5.37. The number of pyridine rings is 1. The number of hydrogen-bond acceptors (Lipinski definition) is 2. The lowest BCUT2D eigenvalue weighted by molar-refractivity contribution is 0.515. The first-order valence-corrected chi connectivity index (χ1v) is 7.05. The SMILES string of the molecule is CCNC(CCc1cccnc1)c1ccc(Cl)cc1. The lowest BCUT2D eigenvalue weighted by atomic mass is 9.99. The van der Waals surface area contributed by atoms with Crippen LogP contribution in [-0.2, 0) is 6.42 Å². The molecular formula is C16H19ClN2. The minimum Gasteiger partial charge on any atom is -0.310 e. The van der Waals surface area contributed by atoms with Crippen LogP contribution in [0.4, 0.5) is 0 Å². The van der Waals surface area contributed by atoms with Gasteiger partial charge < -0.3 is 5.32 Å². The molecule has 1 aromatic carbocycles. The molecule has 0 aliphatic carbocycles. The quantitative estimate of drug-likeness (QED) is 0.861. The third kappa shape index (κ3) is 4.34. The molecule has 0 saturated heterocycles. The third-order valence-electron chi connectivity index (χ3n) is 3.17. The van der Waals surface area contributed by atoms with Crippen molar-refractivity contribution in [1.82, 2.24) is 10.3 Å². The number of nitrogens with one attached hydrogen (secondary N) is 1. The lowest BCUT2D eigenvalue weighted by Gasteiger charge is -2.18. The van der Waals surface area contributed by atoms with Crippen LogP contribution in [-0.4, -0.2) is 11.5 Å². The molecule has 1 unspecified atom stereocenters. The molecule has 1 aromatic heterocycles. The molecule has 1 N–H and O–H groups in total. The molecule has 1 heterocycles. The molecule has 1 atom stereocenters. The summed E-state index contributed by atoms with van der Waals surface area (Å²) in [6, 6.07) is 12.6. The highest BCUT2D eigenvalue weighted by Gasteiger charge is 2.10. The van der Waals surface area contributed by atoms with Crippen LogP contribution in [0.2, 0.25) is 5.02 Å². The predicted molar refractivity (Wildman–Crippen MR) is 80.4 cm³/mol. The summed E-state index contributed by atoms with van der Waals surface area (Å²) in [6.07, 6.45) is 5.82. The molecule has 0 saturated carbocycles. The maximum atomic E-state index is 5.94. The Labute approximate surface area is 119 Å². The molecule has 0 aliphatic heterocycles. The van der Waals surface area contributed by atoms with Crippen molar-refractivity contribution in [1.29, 1.82) is 0 Å².